The highest BCUT2D eigenvalue weighted by atomic mass is 19.3. The van der Waals surface area contributed by atoms with Gasteiger partial charge in [0, 0.05) is 0 Å². The minimum Gasteiger partial charge on any atom is -0.325 e. The Morgan fingerprint density at radius 3 is 2.46 bits per heavy atom. The Morgan fingerprint density at radius 2 is 2.00 bits per heavy atom. The third kappa shape index (κ3) is 2.01. The topological polar surface area (TPSA) is 26.0 Å². The molecule has 72 valence electrons. The summed E-state index contributed by atoms with van der Waals surface area (Å²) in [7, 11) is 0. The van der Waals surface area contributed by atoms with E-state index in [9.17, 15) is 13.2 Å². The Hall–Kier alpha value is -1.03. The van der Waals surface area contributed by atoms with Crippen LogP contribution in [0, 0.1) is 12.7 Å². The van der Waals surface area contributed by atoms with Gasteiger partial charge in [0.25, 0.3) is 5.92 Å². The zero-order valence-electron chi connectivity index (χ0n) is 7.15. The van der Waals surface area contributed by atoms with Crippen LogP contribution in [0.3, 0.4) is 0 Å². The lowest BCUT2D eigenvalue weighted by molar-refractivity contribution is 0.00238. The Labute approximate surface area is 74.4 Å². The smallest absolute Gasteiger partial charge is 0.288 e. The molecule has 0 heterocycles. The second kappa shape index (κ2) is 3.38. The average Bonchev–Trinajstić information content (AvgIpc) is 2.03. The van der Waals surface area contributed by atoms with Gasteiger partial charge in [-0.3, -0.25) is 0 Å². The number of nitrogens with two attached hydrogens (primary N) is 1. The molecule has 1 aromatic carbocycles. The zero-order valence-corrected chi connectivity index (χ0v) is 7.15. The van der Waals surface area contributed by atoms with Gasteiger partial charge in [0.2, 0.25) is 0 Å². The van der Waals surface area contributed by atoms with Gasteiger partial charge in [-0.25, -0.2) is 4.39 Å². The van der Waals surface area contributed by atoms with Crippen LogP contribution in [0.4, 0.5) is 13.2 Å². The van der Waals surface area contributed by atoms with E-state index in [1.807, 2.05) is 0 Å². The van der Waals surface area contributed by atoms with E-state index in [1.54, 1.807) is 6.92 Å². The highest BCUT2D eigenvalue weighted by Crippen LogP contribution is 2.28. The van der Waals surface area contributed by atoms with Gasteiger partial charge in [0.15, 0.2) is 0 Å². The van der Waals surface area contributed by atoms with Crippen molar-refractivity contribution in [1.82, 2.24) is 0 Å². The summed E-state index contributed by atoms with van der Waals surface area (Å²) in [5.41, 5.74) is 4.80. The van der Waals surface area contributed by atoms with Crippen molar-refractivity contribution in [3.05, 3.63) is 35.1 Å². The van der Waals surface area contributed by atoms with Crippen LogP contribution in [0.15, 0.2) is 18.2 Å². The molecule has 0 amide bonds. The van der Waals surface area contributed by atoms with Crippen molar-refractivity contribution in [2.75, 3.05) is 6.54 Å². The maximum absolute atomic E-state index is 13.0. The second-order valence-corrected chi connectivity index (χ2v) is 2.89. The summed E-state index contributed by atoms with van der Waals surface area (Å²) in [6, 6.07) is 3.57. The Morgan fingerprint density at radius 1 is 1.38 bits per heavy atom. The fourth-order valence-electron chi connectivity index (χ4n) is 1.03. The van der Waals surface area contributed by atoms with Gasteiger partial charge < -0.3 is 5.73 Å². The summed E-state index contributed by atoms with van der Waals surface area (Å²) < 4.78 is 38.8. The molecule has 0 fully saturated rings. The summed E-state index contributed by atoms with van der Waals surface area (Å²) in [5, 5.41) is 0. The number of rotatable bonds is 2. The lowest BCUT2D eigenvalue weighted by Crippen LogP contribution is -2.26. The first kappa shape index (κ1) is 10.1. The van der Waals surface area contributed by atoms with E-state index in [-0.39, 0.29) is 0 Å². The quantitative estimate of drug-likeness (QED) is 0.758. The van der Waals surface area contributed by atoms with Crippen LogP contribution in [0.1, 0.15) is 11.1 Å². The normalized spacial score (nSPS) is 11.8. The van der Waals surface area contributed by atoms with Crippen LogP contribution in [-0.2, 0) is 5.92 Å². The monoisotopic (exact) mass is 189 g/mol. The van der Waals surface area contributed by atoms with Crippen LogP contribution in [0.25, 0.3) is 0 Å². The molecule has 1 rings (SSSR count). The van der Waals surface area contributed by atoms with Crippen molar-refractivity contribution in [1.29, 1.82) is 0 Å². The summed E-state index contributed by atoms with van der Waals surface area (Å²) in [6.07, 6.45) is 0. The predicted molar refractivity (Wildman–Crippen MR) is 44.1 cm³/mol. The van der Waals surface area contributed by atoms with E-state index in [0.29, 0.717) is 5.56 Å². The molecule has 0 bridgehead atoms. The highest BCUT2D eigenvalue weighted by molar-refractivity contribution is 5.27. The van der Waals surface area contributed by atoms with Crippen LogP contribution in [0.2, 0.25) is 0 Å². The zero-order chi connectivity index (χ0) is 10.1. The number of benzene rings is 1. The van der Waals surface area contributed by atoms with Crippen molar-refractivity contribution in [2.24, 2.45) is 5.73 Å². The first-order valence-electron chi connectivity index (χ1n) is 3.82. The molecule has 0 saturated carbocycles. The Kier molecular flexibility index (Phi) is 2.61. The third-order valence-corrected chi connectivity index (χ3v) is 1.78. The molecule has 0 aliphatic heterocycles. The van der Waals surface area contributed by atoms with Crippen molar-refractivity contribution < 1.29 is 13.2 Å². The molecule has 0 aromatic heterocycles. The largest absolute Gasteiger partial charge is 0.325 e. The van der Waals surface area contributed by atoms with E-state index in [1.165, 1.54) is 6.07 Å². The van der Waals surface area contributed by atoms with Crippen LogP contribution < -0.4 is 5.73 Å². The van der Waals surface area contributed by atoms with Gasteiger partial charge in [-0.05, 0) is 24.6 Å². The lowest BCUT2D eigenvalue weighted by atomic mass is 10.1. The van der Waals surface area contributed by atoms with E-state index >= 15 is 0 Å². The molecule has 0 aliphatic carbocycles. The van der Waals surface area contributed by atoms with E-state index < -0.39 is 23.8 Å². The molecule has 0 radical (unpaired) electrons. The van der Waals surface area contributed by atoms with Crippen LogP contribution in [-0.4, -0.2) is 6.54 Å². The molecule has 1 aromatic rings. The molecule has 0 spiro atoms. The molecule has 1 nitrogen and oxygen atoms in total. The minimum atomic E-state index is -3.28. The standard InChI is InChI=1S/C9H10F3N/c1-6-2-3-7(8(10)4-6)9(11,12)5-13/h2-4H,5,13H2,1H3. The van der Waals surface area contributed by atoms with E-state index in [2.05, 4.69) is 0 Å². The highest BCUT2D eigenvalue weighted by Gasteiger charge is 2.32. The first-order valence-corrected chi connectivity index (χ1v) is 3.82. The average molecular weight is 189 g/mol. The van der Waals surface area contributed by atoms with Crippen molar-refractivity contribution >= 4 is 0 Å². The van der Waals surface area contributed by atoms with E-state index in [0.717, 1.165) is 12.1 Å². The maximum Gasteiger partial charge on any atom is 0.288 e. The molecule has 2 N–H and O–H groups in total. The van der Waals surface area contributed by atoms with Crippen molar-refractivity contribution in [3.8, 4) is 0 Å². The molecule has 13 heavy (non-hydrogen) atoms. The number of alkyl halides is 2. The number of hydrogen-bond donors (Lipinski definition) is 1. The maximum atomic E-state index is 13.0. The number of aryl methyl sites for hydroxylation is 1. The van der Waals surface area contributed by atoms with Crippen molar-refractivity contribution in [2.45, 2.75) is 12.8 Å². The second-order valence-electron chi connectivity index (χ2n) is 2.89. The van der Waals surface area contributed by atoms with Gasteiger partial charge in [0.05, 0.1) is 12.1 Å². The first-order chi connectivity index (χ1) is 5.97. The minimum absolute atomic E-state index is 0.606. The Balaban J connectivity index is 3.16. The van der Waals surface area contributed by atoms with Crippen LogP contribution in [0.5, 0.6) is 0 Å². The summed E-state index contributed by atoms with van der Waals surface area (Å²) in [4.78, 5) is 0. The summed E-state index contributed by atoms with van der Waals surface area (Å²) in [6.45, 7) is 0.750. The van der Waals surface area contributed by atoms with Gasteiger partial charge in [0.1, 0.15) is 5.82 Å². The number of halogens is 3. The van der Waals surface area contributed by atoms with Crippen LogP contribution >= 0.6 is 0 Å². The fourth-order valence-corrected chi connectivity index (χ4v) is 1.03. The molecule has 0 unspecified atom stereocenters. The molecule has 0 aliphatic rings. The number of hydrogen-bond acceptors (Lipinski definition) is 1. The molecule has 4 heteroatoms. The molecular weight excluding hydrogens is 179 g/mol. The SMILES string of the molecule is Cc1ccc(C(F)(F)CN)c(F)c1. The molecule has 0 atom stereocenters. The summed E-state index contributed by atoms with van der Waals surface area (Å²) in [5.74, 6) is -4.19. The van der Waals surface area contributed by atoms with Gasteiger partial charge in [-0.1, -0.05) is 6.07 Å². The molecular formula is C9H10F3N. The van der Waals surface area contributed by atoms with Gasteiger partial charge in [-0.2, -0.15) is 8.78 Å². The third-order valence-electron chi connectivity index (χ3n) is 1.78. The van der Waals surface area contributed by atoms with Crippen molar-refractivity contribution in [3.63, 3.8) is 0 Å². The predicted octanol–water partition coefficient (Wildman–Crippen LogP) is 2.18. The summed E-state index contributed by atoms with van der Waals surface area (Å²) >= 11 is 0. The van der Waals surface area contributed by atoms with Gasteiger partial charge >= 0.3 is 0 Å². The lowest BCUT2D eigenvalue weighted by Gasteiger charge is -2.14. The Bertz CT molecular complexity index is 310. The van der Waals surface area contributed by atoms with Gasteiger partial charge in [-0.15, -0.1) is 0 Å². The fraction of sp³-hybridized carbons (Fsp3) is 0.333. The van der Waals surface area contributed by atoms with E-state index in [4.69, 9.17) is 5.73 Å². The molecule has 0 saturated heterocycles.